The van der Waals surface area contributed by atoms with E-state index in [9.17, 15) is 9.59 Å². The van der Waals surface area contributed by atoms with E-state index in [1.165, 1.54) is 0 Å². The van der Waals surface area contributed by atoms with Crippen molar-refractivity contribution in [3.05, 3.63) is 12.8 Å². The molecule has 4 nitrogen and oxygen atoms in total. The summed E-state index contributed by atoms with van der Waals surface area (Å²) >= 11 is 0. The van der Waals surface area contributed by atoms with Crippen LogP contribution in [0.2, 0.25) is 0 Å². The molecule has 0 N–H and O–H groups in total. The maximum atomic E-state index is 10.8. The molecule has 0 radical (unpaired) electrons. The van der Waals surface area contributed by atoms with Crippen molar-refractivity contribution >= 4 is 11.9 Å². The Morgan fingerprint density at radius 1 is 1.82 bits per heavy atom. The van der Waals surface area contributed by atoms with E-state index < -0.39 is 12.1 Å². The molecule has 0 bridgehead atoms. The van der Waals surface area contributed by atoms with Gasteiger partial charge in [0.25, 0.3) is 0 Å². The lowest BCUT2D eigenvalue weighted by molar-refractivity contribution is -0.157. The molecule has 1 fully saturated rings. The molecule has 1 unspecified atom stereocenters. The van der Waals surface area contributed by atoms with Gasteiger partial charge in [-0.1, -0.05) is 6.58 Å². The predicted octanol–water partition coefficient (Wildman–Crippen LogP) is 0.379. The van der Waals surface area contributed by atoms with E-state index in [4.69, 9.17) is 0 Å². The molecule has 0 amide bonds. The van der Waals surface area contributed by atoms with Crippen molar-refractivity contribution in [2.24, 2.45) is 0 Å². The fourth-order valence-electron chi connectivity index (χ4n) is 0.849. The Bertz CT molecular complexity index is 197. The molecule has 1 aliphatic heterocycles. The van der Waals surface area contributed by atoms with Crippen molar-refractivity contribution in [2.75, 3.05) is 0 Å². The van der Waals surface area contributed by atoms with Crippen molar-refractivity contribution in [1.82, 2.24) is 0 Å². The minimum atomic E-state index is -0.722. The summed E-state index contributed by atoms with van der Waals surface area (Å²) in [5, 5.41) is 0. The van der Waals surface area contributed by atoms with Crippen LogP contribution in [0.25, 0.3) is 0 Å². The molecule has 0 saturated carbocycles. The van der Waals surface area contributed by atoms with Gasteiger partial charge in [-0.05, 0) is 0 Å². The van der Waals surface area contributed by atoms with Gasteiger partial charge in [-0.25, -0.2) is 4.79 Å². The molecule has 1 rings (SSSR count). The summed E-state index contributed by atoms with van der Waals surface area (Å²) in [6, 6.07) is 0. The van der Waals surface area contributed by atoms with E-state index in [1.807, 2.05) is 0 Å². The zero-order valence-corrected chi connectivity index (χ0v) is 5.91. The molecular weight excluding hydrogens is 148 g/mol. The Labute approximate surface area is 63.8 Å². The van der Waals surface area contributed by atoms with Crippen LogP contribution in [0.15, 0.2) is 12.8 Å². The molecule has 60 valence electrons. The highest BCUT2D eigenvalue weighted by Gasteiger charge is 2.30. The zero-order chi connectivity index (χ0) is 8.27. The second-order valence-electron chi connectivity index (χ2n) is 2.12. The summed E-state index contributed by atoms with van der Waals surface area (Å²) in [4.78, 5) is 21.3. The van der Waals surface area contributed by atoms with E-state index in [1.54, 1.807) is 0 Å². The lowest BCUT2D eigenvalue weighted by Gasteiger charge is -2.04. The predicted molar refractivity (Wildman–Crippen MR) is 35.4 cm³/mol. The summed E-state index contributed by atoms with van der Waals surface area (Å²) < 4.78 is 9.04. The van der Waals surface area contributed by atoms with E-state index in [2.05, 4.69) is 16.1 Å². The topological polar surface area (TPSA) is 52.6 Å². The van der Waals surface area contributed by atoms with Crippen molar-refractivity contribution < 1.29 is 19.1 Å². The van der Waals surface area contributed by atoms with Crippen LogP contribution in [0.4, 0.5) is 0 Å². The number of esters is 2. The number of rotatable bonds is 2. The zero-order valence-electron chi connectivity index (χ0n) is 5.91. The highest BCUT2D eigenvalue weighted by Crippen LogP contribution is 2.14. The Morgan fingerprint density at radius 2 is 2.55 bits per heavy atom. The third-order valence-electron chi connectivity index (χ3n) is 1.35. The normalized spacial score (nSPS) is 22.5. The molecule has 0 aromatic rings. The average Bonchev–Trinajstić information content (AvgIpc) is 2.36. The summed E-state index contributed by atoms with van der Waals surface area (Å²) in [5.74, 6) is -0.901. The second kappa shape index (κ2) is 3.18. The number of cyclic esters (lactones) is 1. The number of carbonyl (C=O) groups excluding carboxylic acids is 2. The van der Waals surface area contributed by atoms with Crippen molar-refractivity contribution in [3.63, 3.8) is 0 Å². The van der Waals surface area contributed by atoms with Crippen LogP contribution in [0.5, 0.6) is 0 Å². The molecular formula is C7H8O4. The minimum Gasteiger partial charge on any atom is -0.450 e. The van der Waals surface area contributed by atoms with Gasteiger partial charge in [0.15, 0.2) is 6.10 Å². The lowest BCUT2D eigenvalue weighted by atomic mass is 10.2. The van der Waals surface area contributed by atoms with E-state index in [-0.39, 0.29) is 12.4 Å². The maximum absolute atomic E-state index is 10.8. The van der Waals surface area contributed by atoms with Crippen molar-refractivity contribution in [3.8, 4) is 0 Å². The van der Waals surface area contributed by atoms with Gasteiger partial charge in [0.2, 0.25) is 0 Å². The number of hydrogen-bond acceptors (Lipinski definition) is 4. The first kappa shape index (κ1) is 7.78. The van der Waals surface area contributed by atoms with Crippen LogP contribution in [-0.4, -0.2) is 18.0 Å². The first-order valence-electron chi connectivity index (χ1n) is 3.25. The Morgan fingerprint density at radius 3 is 3.00 bits per heavy atom. The molecule has 1 aliphatic rings. The summed E-state index contributed by atoms with van der Waals surface area (Å²) in [5.41, 5.74) is 0. The van der Waals surface area contributed by atoms with Gasteiger partial charge in [0, 0.05) is 12.8 Å². The lowest BCUT2D eigenvalue weighted by Crippen LogP contribution is -2.20. The van der Waals surface area contributed by atoms with Gasteiger partial charge in [-0.2, -0.15) is 0 Å². The van der Waals surface area contributed by atoms with Gasteiger partial charge >= 0.3 is 11.9 Å². The smallest absolute Gasteiger partial charge is 0.352 e. The van der Waals surface area contributed by atoms with Gasteiger partial charge in [-0.3, -0.25) is 4.79 Å². The van der Waals surface area contributed by atoms with Gasteiger partial charge < -0.3 is 9.47 Å². The van der Waals surface area contributed by atoms with Crippen molar-refractivity contribution in [2.45, 2.75) is 18.9 Å². The first-order chi connectivity index (χ1) is 5.24. The Hall–Kier alpha value is -1.32. The average molecular weight is 156 g/mol. The van der Waals surface area contributed by atoms with Gasteiger partial charge in [-0.15, -0.1) is 0 Å². The maximum Gasteiger partial charge on any atom is 0.352 e. The van der Waals surface area contributed by atoms with Gasteiger partial charge in [0.05, 0.1) is 6.26 Å². The number of hydrogen-bond donors (Lipinski definition) is 0. The van der Waals surface area contributed by atoms with Crippen LogP contribution < -0.4 is 0 Å². The third kappa shape index (κ3) is 1.80. The molecule has 1 saturated heterocycles. The fraction of sp³-hybridized carbons (Fsp3) is 0.429. The van der Waals surface area contributed by atoms with Crippen LogP contribution in [0.3, 0.4) is 0 Å². The molecule has 1 atom stereocenters. The molecule has 1 heterocycles. The fourth-order valence-corrected chi connectivity index (χ4v) is 0.849. The second-order valence-corrected chi connectivity index (χ2v) is 2.12. The summed E-state index contributed by atoms with van der Waals surface area (Å²) in [7, 11) is 0. The van der Waals surface area contributed by atoms with Crippen LogP contribution in [0.1, 0.15) is 12.8 Å². The molecule has 4 heteroatoms. The quantitative estimate of drug-likeness (QED) is 0.428. The monoisotopic (exact) mass is 156 g/mol. The van der Waals surface area contributed by atoms with Gasteiger partial charge in [0.1, 0.15) is 0 Å². The Kier molecular flexibility index (Phi) is 2.25. The van der Waals surface area contributed by atoms with Crippen molar-refractivity contribution in [1.29, 1.82) is 0 Å². The van der Waals surface area contributed by atoms with E-state index in [0.717, 1.165) is 6.26 Å². The highest BCUT2D eigenvalue weighted by molar-refractivity contribution is 5.82. The third-order valence-corrected chi connectivity index (χ3v) is 1.35. The summed E-state index contributed by atoms with van der Waals surface area (Å²) in [6.45, 7) is 3.21. The SMILES string of the molecule is C=COC(=O)C1CCC(=O)O1. The molecule has 0 aromatic heterocycles. The van der Waals surface area contributed by atoms with E-state index in [0.29, 0.717) is 6.42 Å². The molecule has 0 aromatic carbocycles. The van der Waals surface area contributed by atoms with Crippen LogP contribution >= 0.6 is 0 Å². The summed E-state index contributed by atoms with van der Waals surface area (Å²) in [6.07, 6.45) is 0.997. The minimum absolute atomic E-state index is 0.289. The largest absolute Gasteiger partial charge is 0.450 e. The standard InChI is InChI=1S/C7H8O4/c1-2-10-7(9)5-3-4-6(8)11-5/h2,5H,1,3-4H2. The number of carbonyl (C=O) groups is 2. The highest BCUT2D eigenvalue weighted by atomic mass is 16.6. The van der Waals surface area contributed by atoms with Crippen LogP contribution in [-0.2, 0) is 19.1 Å². The van der Waals surface area contributed by atoms with Crippen LogP contribution in [0, 0.1) is 0 Å². The number of ether oxygens (including phenoxy) is 2. The molecule has 11 heavy (non-hydrogen) atoms. The molecule has 0 spiro atoms. The first-order valence-corrected chi connectivity index (χ1v) is 3.25. The Balaban J connectivity index is 2.42. The molecule has 0 aliphatic carbocycles. The van der Waals surface area contributed by atoms with E-state index >= 15 is 0 Å².